The first-order chi connectivity index (χ1) is 24.2. The molecular weight excluding hydrogens is 675 g/mol. The molecule has 2 amide bonds. The summed E-state index contributed by atoms with van der Waals surface area (Å²) < 4.78 is 17.3. The Hall–Kier alpha value is -4.36. The van der Waals surface area contributed by atoms with Crippen LogP contribution in [0.1, 0.15) is 55.2 Å². The lowest BCUT2D eigenvalue weighted by molar-refractivity contribution is -0.122. The summed E-state index contributed by atoms with van der Waals surface area (Å²) >= 11 is 3.33. The molecule has 3 unspecified atom stereocenters. The molecule has 0 radical (unpaired) electrons. The number of anilines is 1. The van der Waals surface area contributed by atoms with Gasteiger partial charge in [-0.05, 0) is 96.7 Å². The number of hydrogen-bond donors (Lipinski definition) is 4. The van der Waals surface area contributed by atoms with E-state index in [4.69, 9.17) is 19.2 Å². The number of methoxy groups -OCH3 is 3. The fourth-order valence-electron chi connectivity index (χ4n) is 6.44. The van der Waals surface area contributed by atoms with Crippen molar-refractivity contribution in [2.24, 2.45) is 0 Å². The number of aromatic amines is 1. The number of ether oxygens (including phenoxy) is 3. The average molecular weight is 720 g/mol. The number of carbonyl (C=O) groups excluding carboxylic acids is 2. The van der Waals surface area contributed by atoms with Crippen molar-refractivity contribution in [2.45, 2.75) is 50.7 Å². The largest absolute Gasteiger partial charge is 0.493 e. The summed E-state index contributed by atoms with van der Waals surface area (Å²) in [7, 11) is 4.68. The van der Waals surface area contributed by atoms with E-state index < -0.39 is 12.1 Å². The summed E-state index contributed by atoms with van der Waals surface area (Å²) in [6.45, 7) is 1.46. The van der Waals surface area contributed by atoms with E-state index >= 15 is 0 Å². The van der Waals surface area contributed by atoms with Crippen LogP contribution in [0.2, 0.25) is 0 Å². The van der Waals surface area contributed by atoms with E-state index in [1.54, 1.807) is 57.0 Å². The molecule has 0 bridgehead atoms. The lowest BCUT2D eigenvalue weighted by atomic mass is 9.95. The molecule has 0 aliphatic heterocycles. The second-order valence-corrected chi connectivity index (χ2v) is 14.0. The molecule has 50 heavy (non-hydrogen) atoms. The number of aryl methyl sites for hydroxylation is 1. The van der Waals surface area contributed by atoms with Gasteiger partial charge in [0, 0.05) is 12.5 Å². The van der Waals surface area contributed by atoms with Crippen molar-refractivity contribution in [3.8, 4) is 28.4 Å². The molecule has 5 rings (SSSR count). The maximum Gasteiger partial charge on any atom is 0.243 e. The summed E-state index contributed by atoms with van der Waals surface area (Å²) in [5.41, 5.74) is 4.76. The van der Waals surface area contributed by atoms with E-state index in [2.05, 4.69) is 20.9 Å². The van der Waals surface area contributed by atoms with Gasteiger partial charge in [0.1, 0.15) is 11.9 Å². The molecule has 1 aliphatic rings. The summed E-state index contributed by atoms with van der Waals surface area (Å²) in [6, 6.07) is 13.3. The Morgan fingerprint density at radius 3 is 2.40 bits per heavy atom. The number of thioether (sulfide) groups is 2. The fourth-order valence-corrected chi connectivity index (χ4v) is 7.38. The van der Waals surface area contributed by atoms with E-state index in [1.165, 1.54) is 6.92 Å². The minimum absolute atomic E-state index is 0.208. The number of para-hydroxylation sites is 2. The van der Waals surface area contributed by atoms with E-state index in [1.807, 2.05) is 48.9 Å². The zero-order valence-corrected chi connectivity index (χ0v) is 30.9. The summed E-state index contributed by atoms with van der Waals surface area (Å²) in [5, 5.41) is 9.55. The van der Waals surface area contributed by atoms with Crippen LogP contribution in [0.5, 0.6) is 17.2 Å². The van der Waals surface area contributed by atoms with Gasteiger partial charge in [-0.2, -0.15) is 23.5 Å². The Balaban J connectivity index is 1.55. The van der Waals surface area contributed by atoms with Crippen LogP contribution >= 0.6 is 23.5 Å². The summed E-state index contributed by atoms with van der Waals surface area (Å²) in [6.07, 6.45) is 6.32. The standard InChI is InChI=1S/C37H45N5O6S2/c1-21(43)38-25-13-11-22-19-32(46-2)34(47-3)35(48-4)33(22)23-12-14-28(31(44)20-24(23)25)39-30(16-18-50-6)37(45)42-29(15-17-49-5)36-40-26-9-7-8-10-27(26)41-36/h7-10,12,14,19-20,25,29-30H,11,13,15-18H2,1-6H3,(H,38,43)(H,39,44)(H,40,41)(H,42,45). The van der Waals surface area contributed by atoms with Crippen molar-refractivity contribution in [2.75, 3.05) is 50.7 Å². The lowest BCUT2D eigenvalue weighted by Crippen LogP contribution is -2.43. The van der Waals surface area contributed by atoms with Crippen LogP contribution in [0, 0.1) is 0 Å². The van der Waals surface area contributed by atoms with Crippen molar-refractivity contribution in [3.05, 3.63) is 75.7 Å². The Bertz CT molecular complexity index is 1870. The highest BCUT2D eigenvalue weighted by Crippen LogP contribution is 2.50. The van der Waals surface area contributed by atoms with Gasteiger partial charge < -0.3 is 35.1 Å². The number of hydrogen-bond acceptors (Lipinski definition) is 10. The van der Waals surface area contributed by atoms with E-state index in [0.717, 1.165) is 27.9 Å². The van der Waals surface area contributed by atoms with Gasteiger partial charge >= 0.3 is 0 Å². The highest BCUT2D eigenvalue weighted by molar-refractivity contribution is 7.98. The van der Waals surface area contributed by atoms with E-state index in [-0.39, 0.29) is 29.0 Å². The predicted molar refractivity (Wildman–Crippen MR) is 203 cm³/mol. The molecule has 4 N–H and O–H groups in total. The molecule has 0 saturated heterocycles. The molecule has 11 nitrogen and oxygen atoms in total. The van der Waals surface area contributed by atoms with Crippen LogP contribution in [0.25, 0.3) is 22.2 Å². The van der Waals surface area contributed by atoms with E-state index in [0.29, 0.717) is 65.6 Å². The summed E-state index contributed by atoms with van der Waals surface area (Å²) in [5.74, 6) is 3.21. The van der Waals surface area contributed by atoms with Gasteiger partial charge in [0.25, 0.3) is 0 Å². The van der Waals surface area contributed by atoms with Crippen molar-refractivity contribution >= 4 is 52.1 Å². The number of amides is 2. The van der Waals surface area contributed by atoms with Crippen molar-refractivity contribution in [1.29, 1.82) is 0 Å². The molecule has 0 spiro atoms. The van der Waals surface area contributed by atoms with Gasteiger partial charge in [0.05, 0.1) is 50.1 Å². The molecular formula is C37H45N5O6S2. The number of nitrogens with zero attached hydrogens (tertiary/aromatic N) is 1. The number of carbonyl (C=O) groups is 2. The molecule has 1 aliphatic carbocycles. The molecule has 13 heteroatoms. The Labute approximate surface area is 301 Å². The zero-order valence-electron chi connectivity index (χ0n) is 29.3. The van der Waals surface area contributed by atoms with Gasteiger partial charge in [-0.25, -0.2) is 4.98 Å². The molecule has 3 atom stereocenters. The van der Waals surface area contributed by atoms with Gasteiger partial charge in [-0.15, -0.1) is 0 Å². The van der Waals surface area contributed by atoms with E-state index in [9.17, 15) is 14.4 Å². The third kappa shape index (κ3) is 8.15. The molecule has 4 aromatic rings. The van der Waals surface area contributed by atoms with Crippen LogP contribution in [-0.4, -0.2) is 73.2 Å². The lowest BCUT2D eigenvalue weighted by Gasteiger charge is -2.23. The first-order valence-corrected chi connectivity index (χ1v) is 19.3. The molecule has 266 valence electrons. The van der Waals surface area contributed by atoms with Crippen LogP contribution in [-0.2, 0) is 16.0 Å². The number of imidazole rings is 1. The zero-order chi connectivity index (χ0) is 35.8. The monoisotopic (exact) mass is 719 g/mol. The average Bonchev–Trinajstić information content (AvgIpc) is 3.42. The number of nitrogens with one attached hydrogen (secondary N) is 4. The number of rotatable bonds is 15. The maximum atomic E-state index is 14.0. The van der Waals surface area contributed by atoms with Crippen LogP contribution in [0.3, 0.4) is 0 Å². The van der Waals surface area contributed by atoms with Crippen LogP contribution < -0.4 is 35.6 Å². The molecule has 0 saturated carbocycles. The quantitative estimate of drug-likeness (QED) is 0.118. The predicted octanol–water partition coefficient (Wildman–Crippen LogP) is 5.88. The first-order valence-electron chi connectivity index (χ1n) is 16.5. The fraction of sp³-hybridized carbons (Fsp3) is 0.405. The smallest absolute Gasteiger partial charge is 0.243 e. The summed E-state index contributed by atoms with van der Waals surface area (Å²) in [4.78, 5) is 48.6. The minimum atomic E-state index is -0.698. The number of H-pyrrole nitrogens is 1. The number of benzene rings is 2. The van der Waals surface area contributed by atoms with Gasteiger partial charge in [-0.1, -0.05) is 18.2 Å². The molecule has 3 aromatic carbocycles. The third-order valence-electron chi connectivity index (χ3n) is 8.84. The minimum Gasteiger partial charge on any atom is -0.493 e. The highest BCUT2D eigenvalue weighted by atomic mass is 32.2. The molecule has 1 heterocycles. The number of fused-ring (bicyclic) bond motifs is 4. The van der Waals surface area contributed by atoms with Gasteiger partial charge in [-0.3, -0.25) is 14.4 Å². The maximum absolute atomic E-state index is 14.0. The van der Waals surface area contributed by atoms with Crippen molar-refractivity contribution < 1.29 is 23.8 Å². The number of aromatic nitrogens is 2. The third-order valence-corrected chi connectivity index (χ3v) is 10.1. The van der Waals surface area contributed by atoms with Crippen LogP contribution in [0.4, 0.5) is 5.69 Å². The SMILES string of the molecule is COc1cc2c(c(OC)c1OC)-c1ccc(NC(CCSC)C(=O)NC(CCSC)c3nc4ccccc4[nH]3)c(=O)cc1C(NC(C)=O)CC2. The second kappa shape index (κ2) is 17.0. The van der Waals surface area contributed by atoms with Crippen molar-refractivity contribution in [1.82, 2.24) is 20.6 Å². The van der Waals surface area contributed by atoms with Gasteiger partial charge in [0.15, 0.2) is 11.5 Å². The first kappa shape index (κ1) is 36.9. The Morgan fingerprint density at radius 2 is 1.72 bits per heavy atom. The Morgan fingerprint density at radius 1 is 0.980 bits per heavy atom. The van der Waals surface area contributed by atoms with Gasteiger partial charge in [0.2, 0.25) is 23.0 Å². The van der Waals surface area contributed by atoms with Crippen molar-refractivity contribution in [3.63, 3.8) is 0 Å². The normalized spacial score (nSPS) is 14.8. The Kier molecular flexibility index (Phi) is 12.6. The molecule has 1 aromatic heterocycles. The highest BCUT2D eigenvalue weighted by Gasteiger charge is 2.30. The topological polar surface area (TPSA) is 144 Å². The van der Waals surface area contributed by atoms with Crippen LogP contribution in [0.15, 0.2) is 53.3 Å². The second-order valence-electron chi connectivity index (χ2n) is 12.1. The molecule has 0 fully saturated rings.